The number of nitrogens with one attached hydrogen (secondary N) is 1. The largest absolute Gasteiger partial charge is 0.498 e. The van der Waals surface area contributed by atoms with Crippen LogP contribution in [0.5, 0.6) is 0 Å². The van der Waals surface area contributed by atoms with Crippen LogP contribution in [0.4, 0.5) is 0 Å². The Morgan fingerprint density at radius 2 is 1.00 bits per heavy atom. The molecule has 0 bridgehead atoms. The molecule has 0 aromatic carbocycles. The van der Waals surface area contributed by atoms with Gasteiger partial charge in [0.15, 0.2) is 5.96 Å². The van der Waals surface area contributed by atoms with Crippen molar-refractivity contribution in [1.82, 2.24) is 5.32 Å². The Morgan fingerprint density at radius 3 is 1.56 bits per heavy atom. The molecule has 0 heterocycles. The summed E-state index contributed by atoms with van der Waals surface area (Å²) in [7, 11) is 0. The maximum atomic E-state index is 13.0. The van der Waals surface area contributed by atoms with Crippen LogP contribution in [-0.4, -0.2) is 56.2 Å². The lowest BCUT2D eigenvalue weighted by molar-refractivity contribution is -0.151. The molecule has 1 rings (SSSR count). The number of unbranched alkanes of at least 4 members (excludes halogenated alkanes) is 17. The fourth-order valence-electron chi connectivity index (χ4n) is 7.86. The van der Waals surface area contributed by atoms with Crippen molar-refractivity contribution in [2.24, 2.45) is 28.3 Å². The first-order chi connectivity index (χ1) is 28.8. The average molecular weight is 833 g/mol. The summed E-state index contributed by atoms with van der Waals surface area (Å²) in [5.41, 5.74) is 12.6. The third-order valence-electron chi connectivity index (χ3n) is 11.8. The van der Waals surface area contributed by atoms with Crippen LogP contribution in [0.3, 0.4) is 0 Å². The van der Waals surface area contributed by atoms with E-state index in [9.17, 15) is 14.4 Å². The molecular formula is C49H92N4O6. The van der Waals surface area contributed by atoms with Crippen LogP contribution in [0.1, 0.15) is 233 Å². The highest BCUT2D eigenvalue weighted by molar-refractivity contribution is 5.84. The van der Waals surface area contributed by atoms with E-state index >= 15 is 0 Å². The summed E-state index contributed by atoms with van der Waals surface area (Å²) in [6.45, 7) is 10.4. The Kier molecular flexibility index (Phi) is 35.1. The van der Waals surface area contributed by atoms with E-state index in [1.165, 1.54) is 115 Å². The number of carbonyl (C=O) groups excluding carboxylic acids is 3. The van der Waals surface area contributed by atoms with Crippen molar-refractivity contribution in [3.8, 4) is 0 Å². The molecule has 10 nitrogen and oxygen atoms in total. The standard InChI is InChI=1S/C49H92N4O6/c1-5-9-13-16-18-23-31-41(30-21-14-10-6-2)46(42-33-28-34-42)57-38-25-20-17-19-24-35-45(54)53-44(36-37-52-49(50)51)48(56)59-40-27-26-39-58-47(55)43(29-12-8-4)32-22-15-11-7-3/h41,43-44H,5-40H2,1-4H3,(H,53,54)(H4,50,51,52). The molecule has 59 heavy (non-hydrogen) atoms. The van der Waals surface area contributed by atoms with Crippen molar-refractivity contribution in [3.05, 3.63) is 11.3 Å². The minimum atomic E-state index is -0.830. The fourth-order valence-corrected chi connectivity index (χ4v) is 7.86. The van der Waals surface area contributed by atoms with Crippen LogP contribution in [0, 0.1) is 11.8 Å². The smallest absolute Gasteiger partial charge is 0.328 e. The Hall–Kier alpha value is -2.78. The Balaban J connectivity index is 2.45. The molecule has 1 saturated carbocycles. The maximum absolute atomic E-state index is 13.0. The summed E-state index contributed by atoms with van der Waals surface area (Å²) in [6, 6.07) is -0.830. The van der Waals surface area contributed by atoms with Gasteiger partial charge in [-0.1, -0.05) is 150 Å². The molecule has 3 atom stereocenters. The summed E-state index contributed by atoms with van der Waals surface area (Å²) >= 11 is 0. The predicted octanol–water partition coefficient (Wildman–Crippen LogP) is 11.9. The normalized spacial score (nSPS) is 13.9. The van der Waals surface area contributed by atoms with Gasteiger partial charge in [0, 0.05) is 18.9 Å². The van der Waals surface area contributed by atoms with E-state index in [2.05, 4.69) is 38.0 Å². The summed E-state index contributed by atoms with van der Waals surface area (Å²) < 4.78 is 17.8. The van der Waals surface area contributed by atoms with E-state index in [4.69, 9.17) is 25.7 Å². The van der Waals surface area contributed by atoms with Crippen molar-refractivity contribution in [2.75, 3.05) is 26.4 Å². The van der Waals surface area contributed by atoms with Gasteiger partial charge in [0.25, 0.3) is 0 Å². The van der Waals surface area contributed by atoms with Crippen molar-refractivity contribution in [2.45, 2.75) is 239 Å². The highest BCUT2D eigenvalue weighted by atomic mass is 16.5. The van der Waals surface area contributed by atoms with Gasteiger partial charge in [-0.25, -0.2) is 4.79 Å². The minimum Gasteiger partial charge on any atom is -0.498 e. The number of ether oxygens (including phenoxy) is 3. The van der Waals surface area contributed by atoms with Gasteiger partial charge in [0.1, 0.15) is 6.04 Å². The molecule has 0 spiro atoms. The monoisotopic (exact) mass is 833 g/mol. The number of allylic oxidation sites excluding steroid dienone is 2. The van der Waals surface area contributed by atoms with E-state index < -0.39 is 12.0 Å². The molecule has 1 amide bonds. The van der Waals surface area contributed by atoms with E-state index in [1.54, 1.807) is 5.57 Å². The van der Waals surface area contributed by atoms with Gasteiger partial charge in [0.05, 0.1) is 31.5 Å². The third-order valence-corrected chi connectivity index (χ3v) is 11.8. The van der Waals surface area contributed by atoms with Crippen molar-refractivity contribution in [3.63, 3.8) is 0 Å². The summed E-state index contributed by atoms with van der Waals surface area (Å²) in [5, 5.41) is 2.86. The van der Waals surface area contributed by atoms with Gasteiger partial charge in [-0.3, -0.25) is 14.6 Å². The fraction of sp³-hybridized carbons (Fsp3) is 0.878. The van der Waals surface area contributed by atoms with Crippen molar-refractivity contribution < 1.29 is 28.6 Å². The number of amides is 1. The van der Waals surface area contributed by atoms with Gasteiger partial charge in [-0.05, 0) is 82.6 Å². The topological polar surface area (TPSA) is 155 Å². The molecule has 1 aliphatic carbocycles. The first-order valence-corrected chi connectivity index (χ1v) is 24.8. The average Bonchev–Trinajstić information content (AvgIpc) is 3.20. The molecule has 10 heteroatoms. The van der Waals surface area contributed by atoms with Gasteiger partial charge in [-0.2, -0.15) is 0 Å². The highest BCUT2D eigenvalue weighted by Gasteiger charge is 2.25. The maximum Gasteiger partial charge on any atom is 0.328 e. The van der Waals surface area contributed by atoms with Gasteiger partial charge >= 0.3 is 11.9 Å². The van der Waals surface area contributed by atoms with Crippen LogP contribution >= 0.6 is 0 Å². The zero-order chi connectivity index (χ0) is 43.2. The molecule has 1 aliphatic rings. The second kappa shape index (κ2) is 38.2. The van der Waals surface area contributed by atoms with Crippen LogP contribution in [-0.2, 0) is 28.6 Å². The van der Waals surface area contributed by atoms with Crippen molar-refractivity contribution >= 4 is 23.8 Å². The number of nitrogens with two attached hydrogens (primary N) is 2. The first-order valence-electron chi connectivity index (χ1n) is 24.8. The van der Waals surface area contributed by atoms with Gasteiger partial charge in [0.2, 0.25) is 5.91 Å². The minimum absolute atomic E-state index is 0.0334. The SMILES string of the molecule is CCCCCCCCC(CCCCCC)C(OCCCCCCCC(=O)NC(CCN=C(N)N)C(=O)OCCCCOC(=O)C(CCCC)CCCCCC)=C1CCC1. The summed E-state index contributed by atoms with van der Waals surface area (Å²) in [6.07, 6.45) is 34.6. The third kappa shape index (κ3) is 29.2. The van der Waals surface area contributed by atoms with Crippen molar-refractivity contribution in [1.29, 1.82) is 0 Å². The molecule has 5 N–H and O–H groups in total. The zero-order valence-corrected chi connectivity index (χ0v) is 38.7. The predicted molar refractivity (Wildman–Crippen MR) is 245 cm³/mol. The van der Waals surface area contributed by atoms with Crippen LogP contribution < -0.4 is 16.8 Å². The van der Waals surface area contributed by atoms with E-state index in [-0.39, 0.29) is 43.3 Å². The molecule has 0 saturated heterocycles. The Morgan fingerprint density at radius 1 is 0.542 bits per heavy atom. The number of rotatable bonds is 41. The van der Waals surface area contributed by atoms with E-state index in [0.29, 0.717) is 31.8 Å². The first kappa shape index (κ1) is 54.2. The molecule has 0 aromatic heterocycles. The summed E-state index contributed by atoms with van der Waals surface area (Å²) in [5.74, 6) is 1.06. The lowest BCUT2D eigenvalue weighted by Crippen LogP contribution is -2.42. The molecule has 0 radical (unpaired) electrons. The Labute approximate surface area is 362 Å². The second-order valence-electron chi connectivity index (χ2n) is 17.2. The number of aliphatic imine (C=N–C) groups is 1. The molecule has 3 unspecified atom stereocenters. The van der Waals surface area contributed by atoms with Gasteiger partial charge in [-0.15, -0.1) is 0 Å². The lowest BCUT2D eigenvalue weighted by atomic mass is 9.83. The number of hydrogen-bond donors (Lipinski definition) is 3. The quantitative estimate of drug-likeness (QED) is 0.0181. The van der Waals surface area contributed by atoms with E-state index in [0.717, 1.165) is 77.2 Å². The van der Waals surface area contributed by atoms with E-state index in [1.807, 2.05) is 0 Å². The van der Waals surface area contributed by atoms with Crippen LogP contribution in [0.2, 0.25) is 0 Å². The number of hydrogen-bond acceptors (Lipinski definition) is 7. The lowest BCUT2D eigenvalue weighted by Gasteiger charge is -2.28. The number of guanidine groups is 1. The highest BCUT2D eigenvalue weighted by Crippen LogP contribution is 2.37. The zero-order valence-electron chi connectivity index (χ0n) is 38.7. The van der Waals surface area contributed by atoms with Gasteiger partial charge < -0.3 is 31.0 Å². The molecule has 1 fully saturated rings. The molecule has 0 aliphatic heterocycles. The molecular weight excluding hydrogens is 741 g/mol. The molecule has 344 valence electrons. The Bertz CT molecular complexity index is 1120. The molecule has 0 aromatic rings. The van der Waals surface area contributed by atoms with Crippen LogP contribution in [0.15, 0.2) is 16.3 Å². The number of carbonyl (C=O) groups is 3. The second-order valence-corrected chi connectivity index (χ2v) is 17.2. The number of nitrogens with zero attached hydrogens (tertiary/aromatic N) is 1. The number of esters is 2. The van der Waals surface area contributed by atoms with Crippen LogP contribution in [0.25, 0.3) is 0 Å². The summed E-state index contributed by atoms with van der Waals surface area (Å²) in [4.78, 5) is 42.6.